The van der Waals surface area contributed by atoms with Crippen molar-refractivity contribution in [3.63, 3.8) is 0 Å². The molecule has 0 aliphatic carbocycles. The van der Waals surface area contributed by atoms with Gasteiger partial charge < -0.3 is 10.5 Å². The van der Waals surface area contributed by atoms with Gasteiger partial charge in [0.25, 0.3) is 5.95 Å². The molecule has 2 aromatic rings. The van der Waals surface area contributed by atoms with Crippen LogP contribution in [0, 0.1) is 17.7 Å². The van der Waals surface area contributed by atoms with E-state index in [0.717, 1.165) is 0 Å². The topological polar surface area (TPSA) is 48.1 Å². The molecule has 0 amide bonds. The van der Waals surface area contributed by atoms with E-state index in [2.05, 4.69) is 4.98 Å². The monoisotopic (exact) mass is 274 g/mol. The molecule has 2 N–H and O–H groups in total. The van der Waals surface area contributed by atoms with Crippen LogP contribution in [0.4, 0.5) is 18.9 Å². The summed E-state index contributed by atoms with van der Waals surface area (Å²) in [5.41, 5.74) is 5.76. The molecular formula is C11H6ClF3N2O. The minimum Gasteiger partial charge on any atom is -0.454 e. The largest absolute Gasteiger partial charge is 0.454 e. The van der Waals surface area contributed by atoms with Crippen molar-refractivity contribution < 1.29 is 17.9 Å². The fourth-order valence-corrected chi connectivity index (χ4v) is 1.53. The number of rotatable bonds is 2. The highest BCUT2D eigenvalue weighted by Gasteiger charge is 2.15. The van der Waals surface area contributed by atoms with Gasteiger partial charge in [0.15, 0.2) is 5.75 Å². The maximum atomic E-state index is 13.3. The van der Waals surface area contributed by atoms with Crippen LogP contribution < -0.4 is 10.5 Å². The summed E-state index contributed by atoms with van der Waals surface area (Å²) in [7, 11) is 0. The Kier molecular flexibility index (Phi) is 3.29. The van der Waals surface area contributed by atoms with Crippen molar-refractivity contribution in [1.82, 2.24) is 4.98 Å². The number of halogens is 4. The summed E-state index contributed by atoms with van der Waals surface area (Å²) in [6, 6.07) is 4.73. The molecule has 0 atom stereocenters. The number of aromatic nitrogens is 1. The van der Waals surface area contributed by atoms with Gasteiger partial charge in [0.2, 0.25) is 11.8 Å². The van der Waals surface area contributed by atoms with Gasteiger partial charge in [-0.15, -0.1) is 0 Å². The molecular weight excluding hydrogens is 269 g/mol. The third-order valence-corrected chi connectivity index (χ3v) is 2.19. The van der Waals surface area contributed by atoms with Gasteiger partial charge in [0.1, 0.15) is 5.75 Å². The summed E-state index contributed by atoms with van der Waals surface area (Å²) in [5.74, 6) is -4.75. The smallest absolute Gasteiger partial charge is 0.255 e. The van der Waals surface area contributed by atoms with Crippen LogP contribution in [0.25, 0.3) is 0 Å². The van der Waals surface area contributed by atoms with E-state index < -0.39 is 23.5 Å². The van der Waals surface area contributed by atoms with Gasteiger partial charge in [-0.05, 0) is 12.1 Å². The van der Waals surface area contributed by atoms with Crippen molar-refractivity contribution in [3.05, 3.63) is 47.0 Å². The average molecular weight is 275 g/mol. The molecule has 0 saturated heterocycles. The summed E-state index contributed by atoms with van der Waals surface area (Å²) < 4.78 is 43.9. The summed E-state index contributed by atoms with van der Waals surface area (Å²) >= 11 is 5.70. The van der Waals surface area contributed by atoms with E-state index in [9.17, 15) is 13.2 Å². The molecule has 94 valence electrons. The molecule has 3 nitrogen and oxygen atoms in total. The zero-order chi connectivity index (χ0) is 13.3. The molecule has 1 heterocycles. The zero-order valence-electron chi connectivity index (χ0n) is 8.75. The lowest BCUT2D eigenvalue weighted by Crippen LogP contribution is -1.98. The van der Waals surface area contributed by atoms with Crippen LogP contribution in [0.3, 0.4) is 0 Å². The summed E-state index contributed by atoms with van der Waals surface area (Å²) in [5, 5.41) is 0.250. The standard InChI is InChI=1S/C11H6ClF3N2O/c12-5-1-6(16)3-7(2-5)18-8-4-9(13)17-11(15)10(8)14/h1-4H,16H2. The number of nitrogen functional groups attached to an aromatic ring is 1. The van der Waals surface area contributed by atoms with Crippen LogP contribution >= 0.6 is 11.6 Å². The number of nitrogens with two attached hydrogens (primary N) is 1. The average Bonchev–Trinajstić information content (AvgIpc) is 2.23. The molecule has 0 aliphatic rings. The van der Waals surface area contributed by atoms with Crippen molar-refractivity contribution in [2.45, 2.75) is 0 Å². The van der Waals surface area contributed by atoms with Gasteiger partial charge in [-0.3, -0.25) is 0 Å². The van der Waals surface area contributed by atoms with Crippen LogP contribution in [0.5, 0.6) is 11.5 Å². The second-order valence-electron chi connectivity index (χ2n) is 3.37. The highest BCUT2D eigenvalue weighted by Crippen LogP contribution is 2.29. The molecule has 1 aromatic carbocycles. The predicted molar refractivity (Wildman–Crippen MR) is 60.0 cm³/mol. The lowest BCUT2D eigenvalue weighted by atomic mass is 10.3. The van der Waals surface area contributed by atoms with Gasteiger partial charge in [-0.25, -0.2) is 0 Å². The Morgan fingerprint density at radius 2 is 1.83 bits per heavy atom. The van der Waals surface area contributed by atoms with E-state index in [1.54, 1.807) is 0 Å². The van der Waals surface area contributed by atoms with Gasteiger partial charge in [-0.2, -0.15) is 18.2 Å². The van der Waals surface area contributed by atoms with Gasteiger partial charge >= 0.3 is 0 Å². The van der Waals surface area contributed by atoms with E-state index in [1.807, 2.05) is 0 Å². The first-order valence-electron chi connectivity index (χ1n) is 4.71. The molecule has 7 heteroatoms. The second-order valence-corrected chi connectivity index (χ2v) is 3.81. The first kappa shape index (κ1) is 12.5. The zero-order valence-corrected chi connectivity index (χ0v) is 9.51. The molecule has 0 spiro atoms. The van der Waals surface area contributed by atoms with E-state index in [1.165, 1.54) is 18.2 Å². The quantitative estimate of drug-likeness (QED) is 0.673. The first-order valence-corrected chi connectivity index (χ1v) is 5.09. The first-order chi connectivity index (χ1) is 8.45. The molecule has 18 heavy (non-hydrogen) atoms. The van der Waals surface area contributed by atoms with Crippen LogP contribution in [0.1, 0.15) is 0 Å². The minimum absolute atomic E-state index is 0.0592. The molecule has 0 bridgehead atoms. The number of nitrogens with zero attached hydrogens (tertiary/aromatic N) is 1. The Bertz CT molecular complexity index is 587. The molecule has 0 aliphatic heterocycles. The van der Waals surface area contributed by atoms with Crippen LogP contribution in [-0.4, -0.2) is 4.98 Å². The molecule has 0 fully saturated rings. The summed E-state index contributed by atoms with van der Waals surface area (Å²) in [4.78, 5) is 2.67. The highest BCUT2D eigenvalue weighted by molar-refractivity contribution is 6.31. The Morgan fingerprint density at radius 1 is 1.11 bits per heavy atom. The third-order valence-electron chi connectivity index (χ3n) is 1.97. The van der Waals surface area contributed by atoms with Crippen molar-refractivity contribution in [3.8, 4) is 11.5 Å². The van der Waals surface area contributed by atoms with E-state index in [4.69, 9.17) is 22.1 Å². The fourth-order valence-electron chi connectivity index (χ4n) is 1.29. The normalized spacial score (nSPS) is 10.4. The van der Waals surface area contributed by atoms with E-state index in [-0.39, 0.29) is 16.5 Å². The van der Waals surface area contributed by atoms with Crippen LogP contribution in [0.15, 0.2) is 24.3 Å². The van der Waals surface area contributed by atoms with E-state index in [0.29, 0.717) is 6.07 Å². The van der Waals surface area contributed by atoms with Gasteiger partial charge in [0, 0.05) is 22.8 Å². The number of hydrogen-bond acceptors (Lipinski definition) is 3. The summed E-state index contributed by atoms with van der Waals surface area (Å²) in [6.07, 6.45) is 0. The Hall–Kier alpha value is -1.95. The summed E-state index contributed by atoms with van der Waals surface area (Å²) in [6.45, 7) is 0. The number of hydrogen-bond donors (Lipinski definition) is 1. The molecule has 2 rings (SSSR count). The molecule has 1 aromatic heterocycles. The van der Waals surface area contributed by atoms with Crippen LogP contribution in [-0.2, 0) is 0 Å². The Morgan fingerprint density at radius 3 is 2.50 bits per heavy atom. The number of pyridine rings is 1. The Balaban J connectivity index is 2.39. The molecule has 0 unspecified atom stereocenters. The van der Waals surface area contributed by atoms with Crippen molar-refractivity contribution in [2.75, 3.05) is 5.73 Å². The van der Waals surface area contributed by atoms with Crippen molar-refractivity contribution in [2.24, 2.45) is 0 Å². The minimum atomic E-state index is -1.58. The van der Waals surface area contributed by atoms with Crippen LogP contribution in [0.2, 0.25) is 5.02 Å². The number of ether oxygens (including phenoxy) is 1. The maximum Gasteiger partial charge on any atom is 0.255 e. The fraction of sp³-hybridized carbons (Fsp3) is 0. The second kappa shape index (κ2) is 4.73. The van der Waals surface area contributed by atoms with Crippen molar-refractivity contribution in [1.29, 1.82) is 0 Å². The third kappa shape index (κ3) is 2.65. The molecule has 0 radical (unpaired) electrons. The maximum absolute atomic E-state index is 13.3. The Labute approximate surface area is 105 Å². The van der Waals surface area contributed by atoms with Gasteiger partial charge in [0.05, 0.1) is 0 Å². The highest BCUT2D eigenvalue weighted by atomic mass is 35.5. The van der Waals surface area contributed by atoms with Gasteiger partial charge in [-0.1, -0.05) is 11.6 Å². The lowest BCUT2D eigenvalue weighted by molar-refractivity contribution is 0.387. The number of anilines is 1. The number of benzene rings is 1. The predicted octanol–water partition coefficient (Wildman–Crippen LogP) is 3.53. The van der Waals surface area contributed by atoms with E-state index >= 15 is 0 Å². The van der Waals surface area contributed by atoms with Crippen molar-refractivity contribution >= 4 is 17.3 Å². The lowest BCUT2D eigenvalue weighted by Gasteiger charge is -2.08. The SMILES string of the molecule is Nc1cc(Cl)cc(Oc2cc(F)nc(F)c2F)c1. The molecule has 0 saturated carbocycles.